The molecule has 2 rings (SSSR count). The fraction of sp³-hybridized carbons (Fsp3) is 0.500. The largest absolute Gasteiger partial charge is 0.290 e. The molecule has 0 saturated heterocycles. The Morgan fingerprint density at radius 1 is 1.08 bits per heavy atom. The Hall–Kier alpha value is -0.980. The third kappa shape index (κ3) is 2.03. The van der Waals surface area contributed by atoms with Crippen LogP contribution >= 0.6 is 0 Å². The summed E-state index contributed by atoms with van der Waals surface area (Å²) < 4.78 is 0. The monoisotopic (exact) mass is 175 g/mol. The maximum absolute atomic E-state index is 11.1. The van der Waals surface area contributed by atoms with Crippen LogP contribution < -0.4 is 0 Å². The molecule has 0 bridgehead atoms. The van der Waals surface area contributed by atoms with Gasteiger partial charge in [-0.15, -0.1) is 0 Å². The van der Waals surface area contributed by atoms with Crippen molar-refractivity contribution in [1.82, 2.24) is 0 Å². The molecule has 0 spiro atoms. The molecule has 0 atom stereocenters. The molecule has 0 aromatic heterocycles. The molecule has 1 aromatic rings. The van der Waals surface area contributed by atoms with E-state index in [-0.39, 0.29) is 5.75 Å². The third-order valence-corrected chi connectivity index (χ3v) is 2.93. The minimum Gasteiger partial charge on any atom is -0.290 e. The van der Waals surface area contributed by atoms with Gasteiger partial charge in [-0.1, -0.05) is 31.4 Å². The highest BCUT2D eigenvalue weighted by Gasteiger charge is 2.15. The van der Waals surface area contributed by atoms with Gasteiger partial charge in [-0.05, 0) is 36.5 Å². The van der Waals surface area contributed by atoms with Crippen molar-refractivity contribution in [3.63, 3.8) is 0 Å². The summed E-state index contributed by atoms with van der Waals surface area (Å²) in [5, 5.41) is 11.1. The standard InChI is InChI=1S/C12H15O/c13-12-8-4-7-11(9-12)10-5-2-1-3-6-10/h4,7-10H,1-3,5-6H2. The van der Waals surface area contributed by atoms with Crippen LogP contribution in [0.3, 0.4) is 0 Å². The van der Waals surface area contributed by atoms with Crippen LogP contribution in [0.5, 0.6) is 5.75 Å². The van der Waals surface area contributed by atoms with E-state index in [1.54, 1.807) is 12.1 Å². The molecule has 13 heavy (non-hydrogen) atoms. The van der Waals surface area contributed by atoms with E-state index < -0.39 is 0 Å². The molecular formula is C12H15O. The van der Waals surface area contributed by atoms with Gasteiger partial charge in [0.15, 0.2) is 5.75 Å². The van der Waals surface area contributed by atoms with Gasteiger partial charge in [0.2, 0.25) is 0 Å². The summed E-state index contributed by atoms with van der Waals surface area (Å²) in [6.45, 7) is 0. The molecule has 1 fully saturated rings. The van der Waals surface area contributed by atoms with E-state index in [4.69, 9.17) is 0 Å². The van der Waals surface area contributed by atoms with E-state index in [1.165, 1.54) is 37.7 Å². The number of benzene rings is 1. The minimum absolute atomic E-state index is 0.156. The highest BCUT2D eigenvalue weighted by molar-refractivity contribution is 5.29. The average molecular weight is 175 g/mol. The van der Waals surface area contributed by atoms with Crippen molar-refractivity contribution >= 4 is 0 Å². The summed E-state index contributed by atoms with van der Waals surface area (Å²) in [4.78, 5) is 0. The third-order valence-electron chi connectivity index (χ3n) is 2.93. The molecule has 1 aliphatic rings. The second-order valence-corrected chi connectivity index (χ2v) is 3.91. The second kappa shape index (κ2) is 3.82. The average Bonchev–Trinajstić information content (AvgIpc) is 2.19. The predicted octanol–water partition coefficient (Wildman–Crippen LogP) is 3.88. The van der Waals surface area contributed by atoms with Crippen LogP contribution in [0.15, 0.2) is 24.3 Å². The normalized spacial score (nSPS) is 18.8. The Kier molecular flexibility index (Phi) is 2.53. The van der Waals surface area contributed by atoms with Gasteiger partial charge in [0.25, 0.3) is 0 Å². The number of rotatable bonds is 1. The van der Waals surface area contributed by atoms with Crippen molar-refractivity contribution in [3.8, 4) is 5.75 Å². The quantitative estimate of drug-likeness (QED) is 0.617. The fourth-order valence-corrected chi connectivity index (χ4v) is 2.20. The van der Waals surface area contributed by atoms with Crippen molar-refractivity contribution in [2.75, 3.05) is 0 Å². The topological polar surface area (TPSA) is 19.9 Å². The Balaban J connectivity index is 2.14. The van der Waals surface area contributed by atoms with Crippen LogP contribution in [0.25, 0.3) is 0 Å². The zero-order valence-electron chi connectivity index (χ0n) is 7.83. The first-order valence-corrected chi connectivity index (χ1v) is 5.13. The minimum atomic E-state index is 0.156. The molecule has 1 nitrogen and oxygen atoms in total. The zero-order chi connectivity index (χ0) is 9.10. The molecule has 1 heteroatoms. The van der Waals surface area contributed by atoms with E-state index >= 15 is 0 Å². The first kappa shape index (κ1) is 8.61. The van der Waals surface area contributed by atoms with Crippen LogP contribution in [0.1, 0.15) is 43.6 Å². The molecule has 69 valence electrons. The van der Waals surface area contributed by atoms with Gasteiger partial charge in [-0.3, -0.25) is 5.11 Å². The molecule has 1 aromatic carbocycles. The van der Waals surface area contributed by atoms with Crippen molar-refractivity contribution in [1.29, 1.82) is 0 Å². The lowest BCUT2D eigenvalue weighted by molar-refractivity contribution is 0.353. The lowest BCUT2D eigenvalue weighted by Crippen LogP contribution is -2.03. The van der Waals surface area contributed by atoms with Crippen molar-refractivity contribution in [2.24, 2.45) is 0 Å². The molecule has 0 aliphatic heterocycles. The molecule has 1 radical (unpaired) electrons. The van der Waals surface area contributed by atoms with Gasteiger partial charge in [0.1, 0.15) is 0 Å². The highest BCUT2D eigenvalue weighted by atomic mass is 16.3. The number of hydrogen-bond acceptors (Lipinski definition) is 0. The maximum atomic E-state index is 11.1. The van der Waals surface area contributed by atoms with Crippen molar-refractivity contribution in [2.45, 2.75) is 38.0 Å². The molecule has 1 saturated carbocycles. The van der Waals surface area contributed by atoms with E-state index in [1.807, 2.05) is 6.07 Å². The SMILES string of the molecule is [O]c1cccc(C2CCCCC2)c1. The molecule has 0 N–H and O–H groups in total. The van der Waals surface area contributed by atoms with Crippen molar-refractivity contribution in [3.05, 3.63) is 29.8 Å². The number of hydrogen-bond donors (Lipinski definition) is 0. The summed E-state index contributed by atoms with van der Waals surface area (Å²) >= 11 is 0. The van der Waals surface area contributed by atoms with E-state index in [0.29, 0.717) is 5.92 Å². The fourth-order valence-electron chi connectivity index (χ4n) is 2.20. The first-order valence-electron chi connectivity index (χ1n) is 5.13. The summed E-state index contributed by atoms with van der Waals surface area (Å²) in [5.74, 6) is 0.811. The van der Waals surface area contributed by atoms with Gasteiger partial charge in [-0.25, -0.2) is 0 Å². The Morgan fingerprint density at radius 3 is 2.54 bits per heavy atom. The van der Waals surface area contributed by atoms with Gasteiger partial charge in [0.05, 0.1) is 0 Å². The molecule has 1 aliphatic carbocycles. The molecule has 0 heterocycles. The van der Waals surface area contributed by atoms with Crippen LogP contribution in [-0.4, -0.2) is 0 Å². The van der Waals surface area contributed by atoms with Gasteiger partial charge >= 0.3 is 0 Å². The summed E-state index contributed by atoms with van der Waals surface area (Å²) in [7, 11) is 0. The Morgan fingerprint density at radius 2 is 1.85 bits per heavy atom. The maximum Gasteiger partial charge on any atom is 0.178 e. The second-order valence-electron chi connectivity index (χ2n) is 3.91. The van der Waals surface area contributed by atoms with Crippen LogP contribution in [0.2, 0.25) is 0 Å². The predicted molar refractivity (Wildman–Crippen MR) is 52.4 cm³/mol. The Labute approximate surface area is 79.4 Å². The molecule has 0 unspecified atom stereocenters. The van der Waals surface area contributed by atoms with Gasteiger partial charge in [0, 0.05) is 0 Å². The van der Waals surface area contributed by atoms with Crippen molar-refractivity contribution < 1.29 is 5.11 Å². The van der Waals surface area contributed by atoms with Crippen LogP contribution in [0.4, 0.5) is 0 Å². The summed E-state index contributed by atoms with van der Waals surface area (Å²) in [6, 6.07) is 7.41. The van der Waals surface area contributed by atoms with Gasteiger partial charge < -0.3 is 0 Å². The smallest absolute Gasteiger partial charge is 0.178 e. The first-order chi connectivity index (χ1) is 6.36. The lowest BCUT2D eigenvalue weighted by atomic mass is 9.84. The molecular weight excluding hydrogens is 160 g/mol. The van der Waals surface area contributed by atoms with E-state index in [2.05, 4.69) is 6.07 Å². The highest BCUT2D eigenvalue weighted by Crippen LogP contribution is 2.33. The van der Waals surface area contributed by atoms with Crippen LogP contribution in [0, 0.1) is 0 Å². The lowest BCUT2D eigenvalue weighted by Gasteiger charge is -2.21. The van der Waals surface area contributed by atoms with E-state index in [0.717, 1.165) is 0 Å². The van der Waals surface area contributed by atoms with Gasteiger partial charge in [-0.2, -0.15) is 0 Å². The van der Waals surface area contributed by atoms with E-state index in [9.17, 15) is 5.11 Å². The Bertz CT molecular complexity index is 274. The zero-order valence-corrected chi connectivity index (χ0v) is 7.83. The van der Waals surface area contributed by atoms with Crippen LogP contribution in [-0.2, 0) is 5.11 Å². The summed E-state index contributed by atoms with van der Waals surface area (Å²) in [6.07, 6.45) is 6.56. The summed E-state index contributed by atoms with van der Waals surface area (Å²) in [5.41, 5.74) is 1.26. The molecule has 0 amide bonds.